The van der Waals surface area contributed by atoms with Crippen LogP contribution in [-0.2, 0) is 11.3 Å². The van der Waals surface area contributed by atoms with Crippen LogP contribution in [0.1, 0.15) is 5.56 Å². The minimum absolute atomic E-state index is 0.337. The molecule has 1 N–H and O–H groups in total. The van der Waals surface area contributed by atoms with Crippen LogP contribution in [0, 0.1) is 0 Å². The number of ether oxygens (including phenoxy) is 2. The zero-order valence-electron chi connectivity index (χ0n) is 17.0. The molecule has 0 aliphatic heterocycles. The van der Waals surface area contributed by atoms with Crippen LogP contribution in [0.3, 0.4) is 0 Å². The Labute approximate surface area is 182 Å². The predicted molar refractivity (Wildman–Crippen MR) is 116 cm³/mol. The number of amides is 1. The molecular weight excluding hydrogens is 421 g/mol. The van der Waals surface area contributed by atoms with Crippen LogP contribution in [-0.4, -0.2) is 24.1 Å². The Bertz CT molecular complexity index is 1250. The molecule has 0 radical (unpaired) electrons. The molecule has 164 valence electrons. The quantitative estimate of drug-likeness (QED) is 0.389. The highest BCUT2D eigenvalue weighted by molar-refractivity contribution is 6.04. The van der Waals surface area contributed by atoms with Gasteiger partial charge in [-0.15, -0.1) is 13.2 Å². The summed E-state index contributed by atoms with van der Waals surface area (Å²) < 4.78 is 47.7. The lowest BCUT2D eigenvalue weighted by Gasteiger charge is -2.10. The topological polar surface area (TPSA) is 52.5 Å². The Morgan fingerprint density at radius 2 is 1.62 bits per heavy atom. The van der Waals surface area contributed by atoms with E-state index in [-0.39, 0.29) is 5.75 Å². The van der Waals surface area contributed by atoms with Gasteiger partial charge in [-0.1, -0.05) is 42.5 Å². The fourth-order valence-electron chi connectivity index (χ4n) is 3.55. The third-order valence-corrected chi connectivity index (χ3v) is 4.88. The molecule has 0 fully saturated rings. The summed E-state index contributed by atoms with van der Waals surface area (Å²) in [6.07, 6.45) is -3.03. The van der Waals surface area contributed by atoms with Crippen LogP contribution in [0.15, 0.2) is 79.0 Å². The molecule has 1 amide bonds. The van der Waals surface area contributed by atoms with Crippen LogP contribution in [0.4, 0.5) is 23.7 Å². The molecule has 5 nitrogen and oxygen atoms in total. The number of nitrogens with zero attached hydrogens (tertiary/aromatic N) is 1. The Kier molecular flexibility index (Phi) is 5.87. The van der Waals surface area contributed by atoms with E-state index in [1.807, 2.05) is 48.5 Å². The standard InChI is InChI=1S/C24H19F3N2O3/c1-31-15-16-6-2-3-7-19(16)21-14-29(22-9-5-4-8-20(21)22)23(30)28-17-10-12-18(13-11-17)32-24(25,26)27/h2-14H,15H2,1H3,(H,28,30). The highest BCUT2D eigenvalue weighted by Gasteiger charge is 2.31. The third kappa shape index (κ3) is 4.60. The molecule has 0 saturated carbocycles. The van der Waals surface area contributed by atoms with Crippen molar-refractivity contribution >= 4 is 22.6 Å². The van der Waals surface area contributed by atoms with E-state index >= 15 is 0 Å². The second kappa shape index (κ2) is 8.76. The average molecular weight is 440 g/mol. The van der Waals surface area contributed by atoms with Crippen molar-refractivity contribution in [3.63, 3.8) is 0 Å². The molecule has 0 aliphatic carbocycles. The van der Waals surface area contributed by atoms with Crippen molar-refractivity contribution in [2.24, 2.45) is 0 Å². The van der Waals surface area contributed by atoms with E-state index in [1.54, 1.807) is 13.3 Å². The molecule has 3 aromatic carbocycles. The molecular formula is C24H19F3N2O3. The number of nitrogens with one attached hydrogen (secondary N) is 1. The minimum Gasteiger partial charge on any atom is -0.406 e. The summed E-state index contributed by atoms with van der Waals surface area (Å²) in [7, 11) is 1.62. The second-order valence-corrected chi connectivity index (χ2v) is 7.02. The van der Waals surface area contributed by atoms with Gasteiger partial charge in [0.1, 0.15) is 5.75 Å². The van der Waals surface area contributed by atoms with E-state index in [0.717, 1.165) is 34.2 Å². The number of alkyl halides is 3. The fraction of sp³-hybridized carbons (Fsp3) is 0.125. The van der Waals surface area contributed by atoms with E-state index in [9.17, 15) is 18.0 Å². The van der Waals surface area contributed by atoms with Crippen molar-refractivity contribution in [2.45, 2.75) is 13.0 Å². The number of carbonyl (C=O) groups is 1. The number of methoxy groups -OCH3 is 1. The SMILES string of the molecule is COCc1ccccc1-c1cn(C(=O)Nc2ccc(OC(F)(F)F)cc2)c2ccccc12. The van der Waals surface area contributed by atoms with Gasteiger partial charge in [-0.2, -0.15) is 0 Å². The van der Waals surface area contributed by atoms with Crippen molar-refractivity contribution in [1.29, 1.82) is 0 Å². The smallest absolute Gasteiger partial charge is 0.406 e. The van der Waals surface area contributed by atoms with Gasteiger partial charge in [0.15, 0.2) is 0 Å². The minimum atomic E-state index is -4.77. The predicted octanol–water partition coefficient (Wildman–Crippen LogP) is 6.43. The largest absolute Gasteiger partial charge is 0.573 e. The molecule has 0 saturated heterocycles. The lowest BCUT2D eigenvalue weighted by Crippen LogP contribution is -2.19. The number of para-hydroxylation sites is 1. The monoisotopic (exact) mass is 440 g/mol. The van der Waals surface area contributed by atoms with Gasteiger partial charge in [0.25, 0.3) is 0 Å². The maximum atomic E-state index is 13.0. The summed E-state index contributed by atoms with van der Waals surface area (Å²) >= 11 is 0. The number of hydrogen-bond acceptors (Lipinski definition) is 3. The maximum Gasteiger partial charge on any atom is 0.573 e. The number of halogens is 3. The number of anilines is 1. The van der Waals surface area contributed by atoms with Crippen molar-refractivity contribution in [3.8, 4) is 16.9 Å². The third-order valence-electron chi connectivity index (χ3n) is 4.88. The first-order valence-electron chi connectivity index (χ1n) is 9.70. The van der Waals surface area contributed by atoms with Crippen LogP contribution in [0.2, 0.25) is 0 Å². The molecule has 4 rings (SSSR count). The molecule has 4 aromatic rings. The van der Waals surface area contributed by atoms with Crippen LogP contribution in [0.25, 0.3) is 22.0 Å². The Morgan fingerprint density at radius 3 is 2.34 bits per heavy atom. The molecule has 32 heavy (non-hydrogen) atoms. The van der Waals surface area contributed by atoms with Crippen LogP contribution < -0.4 is 10.1 Å². The summed E-state index contributed by atoms with van der Waals surface area (Å²) in [6, 6.07) is 19.8. The number of rotatable bonds is 5. The van der Waals surface area contributed by atoms with Gasteiger partial charge < -0.3 is 14.8 Å². The maximum absolute atomic E-state index is 13.0. The molecule has 0 aliphatic rings. The van der Waals surface area contributed by atoms with Gasteiger partial charge in [0, 0.05) is 29.9 Å². The van der Waals surface area contributed by atoms with Gasteiger partial charge in [-0.05, 0) is 41.5 Å². The van der Waals surface area contributed by atoms with Crippen LogP contribution >= 0.6 is 0 Å². The second-order valence-electron chi connectivity index (χ2n) is 7.02. The highest BCUT2D eigenvalue weighted by atomic mass is 19.4. The van der Waals surface area contributed by atoms with Crippen molar-refractivity contribution < 1.29 is 27.4 Å². The van der Waals surface area contributed by atoms with Crippen molar-refractivity contribution in [2.75, 3.05) is 12.4 Å². The Hall–Kier alpha value is -3.78. The van der Waals surface area contributed by atoms with Gasteiger partial charge in [-0.25, -0.2) is 4.79 Å². The van der Waals surface area contributed by atoms with Crippen molar-refractivity contribution in [3.05, 3.63) is 84.6 Å². The van der Waals surface area contributed by atoms with E-state index in [4.69, 9.17) is 4.74 Å². The van der Waals surface area contributed by atoms with Gasteiger partial charge in [0.2, 0.25) is 0 Å². The number of hydrogen-bond donors (Lipinski definition) is 1. The molecule has 0 bridgehead atoms. The molecule has 1 aromatic heterocycles. The molecule has 0 atom stereocenters. The molecule has 0 spiro atoms. The van der Waals surface area contributed by atoms with E-state index in [2.05, 4.69) is 10.1 Å². The van der Waals surface area contributed by atoms with Gasteiger partial charge in [0.05, 0.1) is 12.1 Å². The van der Waals surface area contributed by atoms with Crippen LogP contribution in [0.5, 0.6) is 5.75 Å². The average Bonchev–Trinajstić information content (AvgIpc) is 3.14. The first-order valence-corrected chi connectivity index (χ1v) is 9.70. The molecule has 8 heteroatoms. The number of fused-ring (bicyclic) bond motifs is 1. The van der Waals surface area contributed by atoms with E-state index in [1.165, 1.54) is 16.7 Å². The van der Waals surface area contributed by atoms with Gasteiger partial charge in [-0.3, -0.25) is 4.57 Å². The fourth-order valence-corrected chi connectivity index (χ4v) is 3.55. The Balaban J connectivity index is 1.66. The summed E-state index contributed by atoms with van der Waals surface area (Å²) in [5.74, 6) is -0.362. The summed E-state index contributed by atoms with van der Waals surface area (Å²) in [4.78, 5) is 13.0. The summed E-state index contributed by atoms with van der Waals surface area (Å²) in [5, 5.41) is 3.60. The highest BCUT2D eigenvalue weighted by Crippen LogP contribution is 2.33. The van der Waals surface area contributed by atoms with E-state index < -0.39 is 12.4 Å². The summed E-state index contributed by atoms with van der Waals surface area (Å²) in [6.45, 7) is 0.425. The number of benzene rings is 3. The van der Waals surface area contributed by atoms with Crippen molar-refractivity contribution in [1.82, 2.24) is 4.57 Å². The Morgan fingerprint density at radius 1 is 0.938 bits per heavy atom. The molecule has 0 unspecified atom stereocenters. The first kappa shape index (κ1) is 21.5. The molecule has 1 heterocycles. The normalized spacial score (nSPS) is 11.5. The van der Waals surface area contributed by atoms with Gasteiger partial charge >= 0.3 is 12.4 Å². The summed E-state index contributed by atoms with van der Waals surface area (Å²) in [5.41, 5.74) is 3.84. The first-order chi connectivity index (χ1) is 15.4. The number of aromatic nitrogens is 1. The van der Waals surface area contributed by atoms with E-state index in [0.29, 0.717) is 17.8 Å². The lowest BCUT2D eigenvalue weighted by atomic mass is 10.00. The zero-order chi connectivity index (χ0) is 22.7. The lowest BCUT2D eigenvalue weighted by molar-refractivity contribution is -0.274. The zero-order valence-corrected chi connectivity index (χ0v) is 17.0. The number of carbonyl (C=O) groups excluding carboxylic acids is 1.